The van der Waals surface area contributed by atoms with E-state index in [1.165, 1.54) is 18.3 Å². The number of hydrogen-bond acceptors (Lipinski definition) is 4. The van der Waals surface area contributed by atoms with Gasteiger partial charge >= 0.3 is 5.97 Å². The van der Waals surface area contributed by atoms with Gasteiger partial charge in [0.05, 0.1) is 0 Å². The molecular formula is C16H13Cl3N2O3. The van der Waals surface area contributed by atoms with Crippen molar-refractivity contribution in [1.29, 1.82) is 0 Å². The van der Waals surface area contributed by atoms with E-state index in [-0.39, 0.29) is 5.69 Å². The molecule has 5 nitrogen and oxygen atoms in total. The fraction of sp³-hybridized carbons (Fsp3) is 0.188. The highest BCUT2D eigenvalue weighted by atomic mass is 35.5. The quantitative estimate of drug-likeness (QED) is 0.770. The second-order valence-electron chi connectivity index (χ2n) is 4.77. The molecule has 0 aliphatic heterocycles. The largest absolute Gasteiger partial charge is 0.451 e. The summed E-state index contributed by atoms with van der Waals surface area (Å²) in [5, 5.41) is 4.09. The number of rotatable bonds is 6. The van der Waals surface area contributed by atoms with Crippen LogP contribution in [0.1, 0.15) is 16.1 Å². The van der Waals surface area contributed by atoms with Gasteiger partial charge in [0.15, 0.2) is 6.61 Å². The van der Waals surface area contributed by atoms with Crippen molar-refractivity contribution in [1.82, 2.24) is 10.3 Å². The second-order valence-corrected chi connectivity index (χ2v) is 6.05. The number of aromatic nitrogens is 1. The van der Waals surface area contributed by atoms with Gasteiger partial charge in [-0.05, 0) is 36.2 Å². The van der Waals surface area contributed by atoms with Crippen LogP contribution >= 0.6 is 34.8 Å². The van der Waals surface area contributed by atoms with Crippen LogP contribution in [0.4, 0.5) is 0 Å². The number of nitrogens with one attached hydrogen (secondary N) is 1. The molecule has 0 spiro atoms. The zero-order valence-corrected chi connectivity index (χ0v) is 14.7. The van der Waals surface area contributed by atoms with E-state index in [1.54, 1.807) is 18.2 Å². The predicted octanol–water partition coefficient (Wildman–Crippen LogP) is 3.56. The van der Waals surface area contributed by atoms with Gasteiger partial charge in [-0.1, -0.05) is 40.9 Å². The standard InChI is InChI=1S/C16H13Cl3N2O3/c17-11-2-1-10(13(19)7-11)3-5-21-15(22)9-24-16(23)14-8-12(18)4-6-20-14/h1-2,4,6-8H,3,5,9H2,(H,21,22). The van der Waals surface area contributed by atoms with Crippen LogP contribution in [0.5, 0.6) is 0 Å². The summed E-state index contributed by atoms with van der Waals surface area (Å²) in [6.07, 6.45) is 1.92. The first-order chi connectivity index (χ1) is 11.5. The summed E-state index contributed by atoms with van der Waals surface area (Å²) in [5.74, 6) is -1.14. The van der Waals surface area contributed by atoms with E-state index in [0.717, 1.165) is 5.56 Å². The zero-order chi connectivity index (χ0) is 17.5. The number of ether oxygens (including phenoxy) is 1. The van der Waals surface area contributed by atoms with Gasteiger partial charge in [0.2, 0.25) is 0 Å². The van der Waals surface area contributed by atoms with Gasteiger partial charge in [-0.15, -0.1) is 0 Å². The van der Waals surface area contributed by atoms with Crippen LogP contribution in [-0.4, -0.2) is 30.0 Å². The molecule has 0 fully saturated rings. The molecule has 1 aromatic carbocycles. The number of hydrogen-bond donors (Lipinski definition) is 1. The molecule has 0 radical (unpaired) electrons. The fourth-order valence-electron chi connectivity index (χ4n) is 1.83. The predicted molar refractivity (Wildman–Crippen MR) is 92.7 cm³/mol. The minimum absolute atomic E-state index is 0.0447. The highest BCUT2D eigenvalue weighted by Crippen LogP contribution is 2.21. The fourth-order valence-corrected chi connectivity index (χ4v) is 2.50. The molecule has 0 bridgehead atoms. The third-order valence-electron chi connectivity index (χ3n) is 3.00. The third-order valence-corrected chi connectivity index (χ3v) is 3.82. The van der Waals surface area contributed by atoms with E-state index in [4.69, 9.17) is 39.5 Å². The van der Waals surface area contributed by atoms with Crippen molar-refractivity contribution in [2.45, 2.75) is 6.42 Å². The Hall–Kier alpha value is -1.82. The van der Waals surface area contributed by atoms with E-state index < -0.39 is 18.5 Å². The van der Waals surface area contributed by atoms with Crippen molar-refractivity contribution >= 4 is 46.7 Å². The Balaban J connectivity index is 1.74. The first-order valence-corrected chi connectivity index (χ1v) is 8.08. The molecule has 0 saturated heterocycles. The van der Waals surface area contributed by atoms with Crippen molar-refractivity contribution in [2.24, 2.45) is 0 Å². The van der Waals surface area contributed by atoms with Crippen LogP contribution in [0.15, 0.2) is 36.5 Å². The Morgan fingerprint density at radius 2 is 1.83 bits per heavy atom. The summed E-state index contributed by atoms with van der Waals surface area (Å²) >= 11 is 17.6. The normalized spacial score (nSPS) is 10.3. The first kappa shape index (κ1) is 18.5. The van der Waals surface area contributed by atoms with Gasteiger partial charge in [0.25, 0.3) is 5.91 Å². The topological polar surface area (TPSA) is 68.3 Å². The van der Waals surface area contributed by atoms with Gasteiger partial charge in [-0.25, -0.2) is 9.78 Å². The molecule has 8 heteroatoms. The Morgan fingerprint density at radius 1 is 1.08 bits per heavy atom. The molecule has 0 saturated carbocycles. The first-order valence-electron chi connectivity index (χ1n) is 6.95. The lowest BCUT2D eigenvalue weighted by Crippen LogP contribution is -2.30. The van der Waals surface area contributed by atoms with Crippen LogP contribution in [0.3, 0.4) is 0 Å². The molecule has 1 N–H and O–H groups in total. The van der Waals surface area contributed by atoms with Crippen molar-refractivity contribution in [3.05, 3.63) is 62.9 Å². The maximum absolute atomic E-state index is 11.7. The number of halogens is 3. The van der Waals surface area contributed by atoms with Crippen LogP contribution in [-0.2, 0) is 16.0 Å². The molecule has 1 amide bonds. The summed E-state index contributed by atoms with van der Waals surface area (Å²) in [4.78, 5) is 27.2. The SMILES string of the molecule is O=C(COC(=O)c1cc(Cl)ccn1)NCCc1ccc(Cl)cc1Cl. The van der Waals surface area contributed by atoms with Crippen molar-refractivity contribution in [3.63, 3.8) is 0 Å². The lowest BCUT2D eigenvalue weighted by Gasteiger charge is -2.08. The molecule has 1 aromatic heterocycles. The van der Waals surface area contributed by atoms with Crippen molar-refractivity contribution in [2.75, 3.05) is 13.2 Å². The summed E-state index contributed by atoms with van der Waals surface area (Å²) in [7, 11) is 0. The van der Waals surface area contributed by atoms with E-state index >= 15 is 0 Å². The summed E-state index contributed by atoms with van der Waals surface area (Å²) in [6, 6.07) is 8.06. The third kappa shape index (κ3) is 5.67. The summed E-state index contributed by atoms with van der Waals surface area (Å²) in [6.45, 7) is -0.0471. The molecule has 0 unspecified atom stereocenters. The highest BCUT2D eigenvalue weighted by molar-refractivity contribution is 6.35. The average Bonchev–Trinajstić information content (AvgIpc) is 2.54. The van der Waals surface area contributed by atoms with E-state index in [9.17, 15) is 9.59 Å². The summed E-state index contributed by atoms with van der Waals surface area (Å²) < 4.78 is 4.87. The Labute approximate surface area is 153 Å². The van der Waals surface area contributed by atoms with Crippen LogP contribution < -0.4 is 5.32 Å². The molecule has 0 aliphatic rings. The summed E-state index contributed by atoms with van der Waals surface area (Å²) in [5.41, 5.74) is 0.907. The number of carbonyl (C=O) groups is 2. The maximum Gasteiger partial charge on any atom is 0.357 e. The van der Waals surface area contributed by atoms with Gasteiger partial charge < -0.3 is 10.1 Å². The molecular weight excluding hydrogens is 375 g/mol. The molecule has 1 heterocycles. The van der Waals surface area contributed by atoms with Gasteiger partial charge in [0, 0.05) is 27.8 Å². The number of pyridine rings is 1. The van der Waals surface area contributed by atoms with Crippen LogP contribution in [0, 0.1) is 0 Å². The monoisotopic (exact) mass is 386 g/mol. The van der Waals surface area contributed by atoms with Crippen LogP contribution in [0.2, 0.25) is 15.1 Å². The Bertz CT molecular complexity index is 753. The smallest absolute Gasteiger partial charge is 0.357 e. The minimum atomic E-state index is -0.714. The number of esters is 1. The lowest BCUT2D eigenvalue weighted by molar-refractivity contribution is -0.124. The van der Waals surface area contributed by atoms with Gasteiger partial charge in [0.1, 0.15) is 5.69 Å². The lowest BCUT2D eigenvalue weighted by atomic mass is 10.1. The number of nitrogens with zero attached hydrogens (tertiary/aromatic N) is 1. The zero-order valence-electron chi connectivity index (χ0n) is 12.4. The minimum Gasteiger partial charge on any atom is -0.451 e. The number of benzene rings is 1. The molecule has 2 aromatic rings. The van der Waals surface area contributed by atoms with E-state index in [0.29, 0.717) is 28.0 Å². The number of carbonyl (C=O) groups excluding carboxylic acids is 2. The molecule has 2 rings (SSSR count). The van der Waals surface area contributed by atoms with Crippen LogP contribution in [0.25, 0.3) is 0 Å². The van der Waals surface area contributed by atoms with E-state index in [1.807, 2.05) is 0 Å². The second kappa shape index (κ2) is 8.87. The molecule has 0 aliphatic carbocycles. The average molecular weight is 388 g/mol. The molecule has 24 heavy (non-hydrogen) atoms. The molecule has 0 atom stereocenters. The number of amides is 1. The van der Waals surface area contributed by atoms with Gasteiger partial charge in [-0.3, -0.25) is 4.79 Å². The maximum atomic E-state index is 11.7. The van der Waals surface area contributed by atoms with E-state index in [2.05, 4.69) is 10.3 Å². The van der Waals surface area contributed by atoms with Crippen molar-refractivity contribution < 1.29 is 14.3 Å². The highest BCUT2D eigenvalue weighted by Gasteiger charge is 2.12. The molecule has 126 valence electrons. The van der Waals surface area contributed by atoms with Gasteiger partial charge in [-0.2, -0.15) is 0 Å². The van der Waals surface area contributed by atoms with Crippen molar-refractivity contribution in [3.8, 4) is 0 Å². The Morgan fingerprint density at radius 3 is 2.54 bits per heavy atom. The Kier molecular flexibility index (Phi) is 6.85.